The molecule has 0 bridgehead atoms. The molecule has 0 fully saturated rings. The second-order valence-electron chi connectivity index (χ2n) is 5.13. The number of carbonyl (C=O) groups excluding carboxylic acids is 1. The van der Waals surface area contributed by atoms with Gasteiger partial charge in [0.1, 0.15) is 0 Å². The van der Waals surface area contributed by atoms with Crippen molar-refractivity contribution in [3.8, 4) is 0 Å². The predicted octanol–water partition coefficient (Wildman–Crippen LogP) is 3.41. The molecule has 20 heavy (non-hydrogen) atoms. The van der Waals surface area contributed by atoms with Crippen molar-refractivity contribution < 1.29 is 4.79 Å². The van der Waals surface area contributed by atoms with E-state index in [9.17, 15) is 4.79 Å². The van der Waals surface area contributed by atoms with Gasteiger partial charge < -0.3 is 10.6 Å². The Balaban J connectivity index is 2.20. The van der Waals surface area contributed by atoms with Gasteiger partial charge in [0, 0.05) is 18.3 Å². The molecule has 0 heterocycles. The first-order chi connectivity index (χ1) is 9.49. The lowest BCUT2D eigenvalue weighted by molar-refractivity contribution is 0.0742. The first-order valence-electron chi connectivity index (χ1n) is 6.68. The highest BCUT2D eigenvalue weighted by atomic mass is 16.2. The number of nitrogen functional groups attached to an aromatic ring is 1. The fraction of sp³-hybridized carbons (Fsp3) is 0.235. The van der Waals surface area contributed by atoms with Crippen molar-refractivity contribution in [1.82, 2.24) is 4.90 Å². The van der Waals surface area contributed by atoms with Crippen molar-refractivity contribution in [2.45, 2.75) is 19.9 Å². The van der Waals surface area contributed by atoms with E-state index in [0.29, 0.717) is 11.3 Å². The highest BCUT2D eigenvalue weighted by Crippen LogP contribution is 2.22. The Morgan fingerprint density at radius 2 is 1.80 bits per heavy atom. The molecule has 0 aliphatic rings. The molecule has 0 saturated heterocycles. The van der Waals surface area contributed by atoms with Gasteiger partial charge in [-0.15, -0.1) is 0 Å². The maximum atomic E-state index is 12.5. The third-order valence-electron chi connectivity index (χ3n) is 3.59. The topological polar surface area (TPSA) is 46.3 Å². The maximum absolute atomic E-state index is 12.5. The van der Waals surface area contributed by atoms with E-state index in [1.54, 1.807) is 4.90 Å². The Labute approximate surface area is 120 Å². The van der Waals surface area contributed by atoms with Crippen LogP contribution < -0.4 is 5.73 Å². The van der Waals surface area contributed by atoms with Crippen LogP contribution in [-0.2, 0) is 0 Å². The highest BCUT2D eigenvalue weighted by molar-refractivity contribution is 5.94. The lowest BCUT2D eigenvalue weighted by Gasteiger charge is -2.25. The first kappa shape index (κ1) is 14.1. The van der Waals surface area contributed by atoms with Gasteiger partial charge >= 0.3 is 0 Å². The monoisotopic (exact) mass is 268 g/mol. The molecule has 0 aliphatic carbocycles. The van der Waals surface area contributed by atoms with Gasteiger partial charge in [0.2, 0.25) is 0 Å². The summed E-state index contributed by atoms with van der Waals surface area (Å²) in [6, 6.07) is 15.2. The standard InChI is InChI=1S/C17H20N2O/c1-12-7-9-14(10-8-12)17(20)19(3)13(2)15-5-4-6-16(18)11-15/h4-11,13H,18H2,1-3H3. The molecule has 0 radical (unpaired) electrons. The Morgan fingerprint density at radius 1 is 1.15 bits per heavy atom. The number of benzene rings is 2. The largest absolute Gasteiger partial charge is 0.399 e. The average Bonchev–Trinajstić information content (AvgIpc) is 2.46. The first-order valence-corrected chi connectivity index (χ1v) is 6.68. The summed E-state index contributed by atoms with van der Waals surface area (Å²) in [7, 11) is 1.82. The third kappa shape index (κ3) is 2.99. The van der Waals surface area contributed by atoms with Crippen molar-refractivity contribution >= 4 is 11.6 Å². The molecule has 0 spiro atoms. The van der Waals surface area contributed by atoms with Gasteiger partial charge in [0.15, 0.2) is 0 Å². The SMILES string of the molecule is Cc1ccc(C(=O)N(C)C(C)c2cccc(N)c2)cc1. The highest BCUT2D eigenvalue weighted by Gasteiger charge is 2.18. The van der Waals surface area contributed by atoms with E-state index >= 15 is 0 Å². The summed E-state index contributed by atoms with van der Waals surface area (Å²) < 4.78 is 0. The number of carbonyl (C=O) groups is 1. The summed E-state index contributed by atoms with van der Waals surface area (Å²) in [4.78, 5) is 14.2. The molecular formula is C17H20N2O. The van der Waals surface area contributed by atoms with E-state index in [-0.39, 0.29) is 11.9 Å². The van der Waals surface area contributed by atoms with E-state index in [4.69, 9.17) is 5.73 Å². The normalized spacial score (nSPS) is 11.9. The second kappa shape index (κ2) is 5.78. The van der Waals surface area contributed by atoms with Crippen LogP contribution in [0.25, 0.3) is 0 Å². The number of anilines is 1. The number of rotatable bonds is 3. The molecule has 0 aromatic heterocycles. The van der Waals surface area contributed by atoms with Gasteiger partial charge in [-0.3, -0.25) is 4.79 Å². The van der Waals surface area contributed by atoms with Crippen LogP contribution in [0, 0.1) is 6.92 Å². The number of amides is 1. The van der Waals surface area contributed by atoms with Crippen molar-refractivity contribution in [2.24, 2.45) is 0 Å². The quantitative estimate of drug-likeness (QED) is 0.867. The molecule has 2 N–H and O–H groups in total. The van der Waals surface area contributed by atoms with Crippen LogP contribution in [0.1, 0.15) is 34.5 Å². The van der Waals surface area contributed by atoms with E-state index in [0.717, 1.165) is 11.1 Å². The van der Waals surface area contributed by atoms with E-state index in [2.05, 4.69) is 0 Å². The molecule has 2 aromatic carbocycles. The van der Waals surface area contributed by atoms with Gasteiger partial charge in [-0.05, 0) is 43.7 Å². The van der Waals surface area contributed by atoms with Crippen LogP contribution in [0.2, 0.25) is 0 Å². The molecule has 0 saturated carbocycles. The lowest BCUT2D eigenvalue weighted by atomic mass is 10.1. The molecule has 0 aliphatic heterocycles. The van der Waals surface area contributed by atoms with Crippen LogP contribution in [-0.4, -0.2) is 17.9 Å². The third-order valence-corrected chi connectivity index (χ3v) is 3.59. The molecule has 1 atom stereocenters. The summed E-state index contributed by atoms with van der Waals surface area (Å²) in [5.74, 6) is 0.0138. The minimum atomic E-state index is -0.0210. The van der Waals surface area contributed by atoms with Gasteiger partial charge in [0.25, 0.3) is 5.91 Å². The Morgan fingerprint density at radius 3 is 2.40 bits per heavy atom. The number of nitrogens with zero attached hydrogens (tertiary/aromatic N) is 1. The summed E-state index contributed by atoms with van der Waals surface area (Å²) in [5, 5.41) is 0. The Hall–Kier alpha value is -2.29. The molecular weight excluding hydrogens is 248 g/mol. The van der Waals surface area contributed by atoms with Crippen molar-refractivity contribution in [1.29, 1.82) is 0 Å². The summed E-state index contributed by atoms with van der Waals surface area (Å²) in [6.07, 6.45) is 0. The van der Waals surface area contributed by atoms with Crippen LogP contribution >= 0.6 is 0 Å². The molecule has 1 amide bonds. The van der Waals surface area contributed by atoms with Crippen LogP contribution in [0.4, 0.5) is 5.69 Å². The average molecular weight is 268 g/mol. The fourth-order valence-electron chi connectivity index (χ4n) is 2.12. The van der Waals surface area contributed by atoms with Gasteiger partial charge in [0.05, 0.1) is 6.04 Å². The van der Waals surface area contributed by atoms with Gasteiger partial charge in [-0.1, -0.05) is 29.8 Å². The minimum absolute atomic E-state index is 0.0138. The summed E-state index contributed by atoms with van der Waals surface area (Å²) in [6.45, 7) is 4.01. The number of nitrogens with two attached hydrogens (primary N) is 1. The smallest absolute Gasteiger partial charge is 0.254 e. The molecule has 3 heteroatoms. The lowest BCUT2D eigenvalue weighted by Crippen LogP contribution is -2.29. The Kier molecular flexibility index (Phi) is 4.08. The second-order valence-corrected chi connectivity index (χ2v) is 5.13. The van der Waals surface area contributed by atoms with Crippen molar-refractivity contribution in [3.05, 3.63) is 65.2 Å². The summed E-state index contributed by atoms with van der Waals surface area (Å²) >= 11 is 0. The molecule has 104 valence electrons. The van der Waals surface area contributed by atoms with Crippen LogP contribution in [0.15, 0.2) is 48.5 Å². The predicted molar refractivity (Wildman–Crippen MR) is 82.5 cm³/mol. The maximum Gasteiger partial charge on any atom is 0.254 e. The molecule has 3 nitrogen and oxygen atoms in total. The number of hydrogen-bond donors (Lipinski definition) is 1. The Bertz CT molecular complexity index is 605. The zero-order valence-electron chi connectivity index (χ0n) is 12.1. The molecule has 2 rings (SSSR count). The zero-order chi connectivity index (χ0) is 14.7. The van der Waals surface area contributed by atoms with Crippen LogP contribution in [0.3, 0.4) is 0 Å². The van der Waals surface area contributed by atoms with Crippen LogP contribution in [0.5, 0.6) is 0 Å². The summed E-state index contributed by atoms with van der Waals surface area (Å²) in [5.41, 5.74) is 9.39. The van der Waals surface area contributed by atoms with Crippen molar-refractivity contribution in [3.63, 3.8) is 0 Å². The van der Waals surface area contributed by atoms with Gasteiger partial charge in [-0.2, -0.15) is 0 Å². The minimum Gasteiger partial charge on any atom is -0.399 e. The van der Waals surface area contributed by atoms with Gasteiger partial charge in [-0.25, -0.2) is 0 Å². The van der Waals surface area contributed by atoms with E-state index < -0.39 is 0 Å². The zero-order valence-corrected chi connectivity index (χ0v) is 12.1. The molecule has 1 unspecified atom stereocenters. The van der Waals surface area contributed by atoms with Crippen molar-refractivity contribution in [2.75, 3.05) is 12.8 Å². The van der Waals surface area contributed by atoms with E-state index in [1.807, 2.05) is 69.4 Å². The van der Waals surface area contributed by atoms with E-state index in [1.165, 1.54) is 0 Å². The fourth-order valence-corrected chi connectivity index (χ4v) is 2.12. The number of aryl methyl sites for hydroxylation is 1. The number of hydrogen-bond acceptors (Lipinski definition) is 2. The molecule has 2 aromatic rings.